The Bertz CT molecular complexity index is 536. The third-order valence-electron chi connectivity index (χ3n) is 2.94. The third-order valence-corrected chi connectivity index (χ3v) is 2.94. The summed E-state index contributed by atoms with van der Waals surface area (Å²) in [6.45, 7) is 6.27. The molecule has 0 aliphatic carbocycles. The molecule has 2 rings (SSSR count). The number of hydrogen-bond acceptors (Lipinski definition) is 1. The Balaban J connectivity index is 2.26. The van der Waals surface area contributed by atoms with Gasteiger partial charge in [-0.1, -0.05) is 35.9 Å². The molecule has 0 N–H and O–H groups in total. The van der Waals surface area contributed by atoms with Crippen LogP contribution in [0.25, 0.3) is 0 Å². The maximum Gasteiger partial charge on any atom is 0.0974 e. The van der Waals surface area contributed by atoms with Crippen LogP contribution in [-0.4, -0.2) is 6.21 Å². The molecule has 0 spiro atoms. The van der Waals surface area contributed by atoms with Gasteiger partial charge in [-0.3, -0.25) is 0 Å². The number of hydrogen-bond donors (Lipinski definition) is 0. The summed E-state index contributed by atoms with van der Waals surface area (Å²) in [5, 5.41) is 0. The van der Waals surface area contributed by atoms with Crippen molar-refractivity contribution >= 4 is 11.9 Å². The van der Waals surface area contributed by atoms with Crippen molar-refractivity contribution < 1.29 is 0 Å². The second-order valence-electron chi connectivity index (χ2n) is 4.31. The number of nitrogens with zero attached hydrogens (tertiary/aromatic N) is 1. The molecule has 0 bridgehead atoms. The molecule has 0 unspecified atom stereocenters. The summed E-state index contributed by atoms with van der Waals surface area (Å²) in [5.41, 5.74) is 5.76. The first-order chi connectivity index (χ1) is 8.16. The number of aryl methyl sites for hydroxylation is 2. The van der Waals surface area contributed by atoms with Gasteiger partial charge in [0.2, 0.25) is 0 Å². The van der Waals surface area contributed by atoms with Crippen molar-refractivity contribution in [1.29, 1.82) is 0 Å². The summed E-state index contributed by atoms with van der Waals surface area (Å²) >= 11 is 0. The molecule has 85 valence electrons. The second kappa shape index (κ2) is 4.96. The maximum atomic E-state index is 4.37. The van der Waals surface area contributed by atoms with E-state index in [1.165, 1.54) is 16.7 Å². The molecule has 0 fully saturated rings. The van der Waals surface area contributed by atoms with Crippen molar-refractivity contribution in [3.63, 3.8) is 0 Å². The Labute approximate surface area is 103 Å². The topological polar surface area (TPSA) is 12.4 Å². The molecular weight excluding hydrogens is 206 g/mol. The maximum absolute atomic E-state index is 4.37. The summed E-state index contributed by atoms with van der Waals surface area (Å²) in [6, 6.07) is 14.3. The Kier molecular flexibility index (Phi) is 3.38. The van der Waals surface area contributed by atoms with E-state index in [-0.39, 0.29) is 0 Å². The highest BCUT2D eigenvalue weighted by atomic mass is 14.7. The molecule has 0 saturated carbocycles. The highest BCUT2D eigenvalue weighted by Crippen LogP contribution is 2.15. The summed E-state index contributed by atoms with van der Waals surface area (Å²) in [6.07, 6.45) is 3.11. The molecule has 17 heavy (non-hydrogen) atoms. The van der Waals surface area contributed by atoms with Gasteiger partial charge in [0.05, 0.1) is 11.9 Å². The van der Waals surface area contributed by atoms with E-state index in [9.17, 15) is 0 Å². The molecule has 0 aromatic heterocycles. The molecule has 2 aromatic rings. The smallest absolute Gasteiger partial charge is 0.0974 e. The molecule has 1 radical (unpaired) electrons. The molecule has 0 atom stereocenters. The van der Waals surface area contributed by atoms with Crippen molar-refractivity contribution in [3.8, 4) is 0 Å². The molecular formula is C16H16N. The van der Waals surface area contributed by atoms with Gasteiger partial charge < -0.3 is 0 Å². The van der Waals surface area contributed by atoms with Gasteiger partial charge in [0.1, 0.15) is 0 Å². The quantitative estimate of drug-likeness (QED) is 0.674. The molecule has 1 nitrogen and oxygen atoms in total. The van der Waals surface area contributed by atoms with Crippen LogP contribution in [0.1, 0.15) is 22.3 Å². The first-order valence-electron chi connectivity index (χ1n) is 5.76. The zero-order valence-corrected chi connectivity index (χ0v) is 10.5. The van der Waals surface area contributed by atoms with Crippen molar-refractivity contribution in [2.24, 2.45) is 4.99 Å². The van der Waals surface area contributed by atoms with Gasteiger partial charge in [-0.25, -0.2) is 4.99 Å². The zero-order valence-electron chi connectivity index (χ0n) is 10.5. The summed E-state index contributed by atoms with van der Waals surface area (Å²) in [7, 11) is 0. The van der Waals surface area contributed by atoms with E-state index < -0.39 is 0 Å². The van der Waals surface area contributed by atoms with Gasteiger partial charge in [0.25, 0.3) is 0 Å². The van der Waals surface area contributed by atoms with Crippen molar-refractivity contribution in [2.45, 2.75) is 20.8 Å². The summed E-state index contributed by atoms with van der Waals surface area (Å²) < 4.78 is 0. The molecule has 0 saturated heterocycles. The highest BCUT2D eigenvalue weighted by molar-refractivity contribution is 5.84. The molecule has 0 aliphatic rings. The average molecular weight is 222 g/mol. The van der Waals surface area contributed by atoms with Gasteiger partial charge in [-0.2, -0.15) is 0 Å². The lowest BCUT2D eigenvalue weighted by atomic mass is 10.0. The number of rotatable bonds is 2. The fourth-order valence-corrected chi connectivity index (χ4v) is 1.62. The number of benzene rings is 2. The van der Waals surface area contributed by atoms with Crippen LogP contribution in [0.5, 0.6) is 0 Å². The average Bonchev–Trinajstić information content (AvgIpc) is 2.33. The van der Waals surface area contributed by atoms with Crippen LogP contribution in [0.3, 0.4) is 0 Å². The van der Waals surface area contributed by atoms with E-state index >= 15 is 0 Å². The standard InChI is InChI=1S/C16H16N/c1-12-7-9-16(10-8-12)17-11-15-6-4-5-13(2)14(15)3/h4-10H,1-3H3. The minimum Gasteiger partial charge on any atom is -0.246 e. The molecule has 0 heterocycles. The van der Waals surface area contributed by atoms with Crippen LogP contribution in [-0.2, 0) is 0 Å². The fraction of sp³-hybridized carbons (Fsp3) is 0.188. The lowest BCUT2D eigenvalue weighted by Gasteiger charge is -2.02. The predicted octanol–water partition coefficient (Wildman–Crippen LogP) is 4.24. The van der Waals surface area contributed by atoms with Crippen molar-refractivity contribution in [1.82, 2.24) is 0 Å². The summed E-state index contributed by atoms with van der Waals surface area (Å²) in [5.74, 6) is 0. The van der Waals surface area contributed by atoms with E-state index in [2.05, 4.69) is 50.2 Å². The lowest BCUT2D eigenvalue weighted by Crippen LogP contribution is -1.89. The SMILES string of the molecule is Cc1ccc(N=[C]c2cccc(C)c2C)cc1. The van der Waals surface area contributed by atoms with Gasteiger partial charge in [0.15, 0.2) is 0 Å². The third kappa shape index (κ3) is 2.82. The lowest BCUT2D eigenvalue weighted by molar-refractivity contribution is 1.33. The predicted molar refractivity (Wildman–Crippen MR) is 73.3 cm³/mol. The summed E-state index contributed by atoms with van der Waals surface area (Å²) in [4.78, 5) is 4.37. The molecule has 1 heteroatoms. The second-order valence-corrected chi connectivity index (χ2v) is 4.31. The van der Waals surface area contributed by atoms with Crippen molar-refractivity contribution in [2.75, 3.05) is 0 Å². The minimum atomic E-state index is 0.941. The zero-order chi connectivity index (χ0) is 12.3. The van der Waals surface area contributed by atoms with Crippen LogP contribution in [0.2, 0.25) is 0 Å². The van der Waals surface area contributed by atoms with E-state index in [1.807, 2.05) is 24.3 Å². The van der Waals surface area contributed by atoms with Gasteiger partial charge >= 0.3 is 0 Å². The first kappa shape index (κ1) is 11.6. The van der Waals surface area contributed by atoms with E-state index in [1.54, 1.807) is 0 Å². The Morgan fingerprint density at radius 3 is 2.29 bits per heavy atom. The Hall–Kier alpha value is -1.89. The largest absolute Gasteiger partial charge is 0.246 e. The van der Waals surface area contributed by atoms with Gasteiger partial charge in [0, 0.05) is 5.56 Å². The molecule has 0 amide bonds. The van der Waals surface area contributed by atoms with Crippen LogP contribution >= 0.6 is 0 Å². The Morgan fingerprint density at radius 2 is 1.59 bits per heavy atom. The van der Waals surface area contributed by atoms with Crippen LogP contribution in [0.4, 0.5) is 5.69 Å². The van der Waals surface area contributed by atoms with Gasteiger partial charge in [-0.05, 0) is 44.0 Å². The highest BCUT2D eigenvalue weighted by Gasteiger charge is 1.97. The molecule has 0 aliphatic heterocycles. The van der Waals surface area contributed by atoms with E-state index in [0.29, 0.717) is 0 Å². The minimum absolute atomic E-state index is 0.941. The van der Waals surface area contributed by atoms with E-state index in [0.717, 1.165) is 11.3 Å². The van der Waals surface area contributed by atoms with Gasteiger partial charge in [-0.15, -0.1) is 0 Å². The number of aliphatic imine (C=N–C) groups is 1. The molecule has 2 aromatic carbocycles. The first-order valence-corrected chi connectivity index (χ1v) is 5.76. The fourth-order valence-electron chi connectivity index (χ4n) is 1.62. The van der Waals surface area contributed by atoms with Crippen LogP contribution in [0, 0.1) is 20.8 Å². The normalized spacial score (nSPS) is 11.0. The monoisotopic (exact) mass is 222 g/mol. The van der Waals surface area contributed by atoms with E-state index in [4.69, 9.17) is 0 Å². The van der Waals surface area contributed by atoms with Crippen LogP contribution in [0.15, 0.2) is 47.5 Å². The van der Waals surface area contributed by atoms with Crippen LogP contribution < -0.4 is 0 Å². The van der Waals surface area contributed by atoms with Crippen molar-refractivity contribution in [3.05, 3.63) is 64.7 Å². The Morgan fingerprint density at radius 1 is 0.882 bits per heavy atom.